The van der Waals surface area contributed by atoms with E-state index in [2.05, 4.69) is 17.4 Å². The summed E-state index contributed by atoms with van der Waals surface area (Å²) in [6, 6.07) is 18.5. The molecule has 0 radical (unpaired) electrons. The van der Waals surface area contributed by atoms with E-state index in [0.29, 0.717) is 17.4 Å². The second-order valence-corrected chi connectivity index (χ2v) is 8.46. The Morgan fingerprint density at radius 3 is 2.53 bits per heavy atom. The molecule has 0 saturated carbocycles. The zero-order valence-corrected chi connectivity index (χ0v) is 19.4. The van der Waals surface area contributed by atoms with Crippen molar-refractivity contribution in [2.45, 2.75) is 25.7 Å². The van der Waals surface area contributed by atoms with Gasteiger partial charge in [-0.15, -0.1) is 0 Å². The molecule has 1 aliphatic heterocycles. The van der Waals surface area contributed by atoms with Crippen molar-refractivity contribution < 1.29 is 23.5 Å². The van der Waals surface area contributed by atoms with Gasteiger partial charge in [-0.2, -0.15) is 0 Å². The Morgan fingerprint density at radius 2 is 1.82 bits per heavy atom. The largest absolute Gasteiger partial charge is 0.497 e. The lowest BCUT2D eigenvalue weighted by Crippen LogP contribution is -2.41. The summed E-state index contributed by atoms with van der Waals surface area (Å²) >= 11 is 0. The smallest absolute Gasteiger partial charge is 0.291 e. The van der Waals surface area contributed by atoms with Crippen LogP contribution in [0.2, 0.25) is 0 Å². The summed E-state index contributed by atoms with van der Waals surface area (Å²) in [6.45, 7) is 1.50. The van der Waals surface area contributed by atoms with E-state index in [1.807, 2.05) is 17.0 Å². The van der Waals surface area contributed by atoms with Crippen molar-refractivity contribution in [3.05, 3.63) is 78.3 Å². The van der Waals surface area contributed by atoms with Crippen molar-refractivity contribution in [1.29, 1.82) is 0 Å². The van der Waals surface area contributed by atoms with Crippen LogP contribution in [-0.2, 0) is 11.2 Å². The predicted molar refractivity (Wildman–Crippen MR) is 129 cm³/mol. The van der Waals surface area contributed by atoms with Gasteiger partial charge in [-0.05, 0) is 73.6 Å². The van der Waals surface area contributed by atoms with E-state index in [1.54, 1.807) is 43.5 Å². The zero-order chi connectivity index (χ0) is 23.8. The van der Waals surface area contributed by atoms with Gasteiger partial charge < -0.3 is 24.1 Å². The number of rotatable bonds is 9. The van der Waals surface area contributed by atoms with E-state index in [1.165, 1.54) is 11.8 Å². The number of nitrogens with one attached hydrogen (secondary N) is 1. The normalized spacial score (nSPS) is 14.0. The summed E-state index contributed by atoms with van der Waals surface area (Å²) in [5.74, 6) is 1.91. The van der Waals surface area contributed by atoms with Gasteiger partial charge in [-0.25, -0.2) is 0 Å². The highest BCUT2D eigenvalue weighted by Crippen LogP contribution is 2.24. The van der Waals surface area contributed by atoms with E-state index in [4.69, 9.17) is 13.9 Å². The van der Waals surface area contributed by atoms with Crippen molar-refractivity contribution in [3.63, 3.8) is 0 Å². The number of aryl methyl sites for hydroxylation is 1. The number of hydrogen-bond donors (Lipinski definition) is 1. The van der Waals surface area contributed by atoms with Gasteiger partial charge in [0.05, 0.1) is 13.4 Å². The van der Waals surface area contributed by atoms with E-state index < -0.39 is 0 Å². The van der Waals surface area contributed by atoms with Crippen LogP contribution < -0.4 is 14.8 Å². The molecule has 0 aliphatic carbocycles. The van der Waals surface area contributed by atoms with E-state index in [9.17, 15) is 9.59 Å². The molecule has 0 spiro atoms. The number of hydrogen-bond acceptors (Lipinski definition) is 5. The van der Waals surface area contributed by atoms with Gasteiger partial charge in [0.15, 0.2) is 12.4 Å². The fraction of sp³-hybridized carbons (Fsp3) is 0.333. The Kier molecular flexibility index (Phi) is 7.86. The first-order valence-electron chi connectivity index (χ1n) is 11.6. The van der Waals surface area contributed by atoms with Gasteiger partial charge in [-0.1, -0.05) is 18.2 Å². The minimum atomic E-state index is -0.340. The first kappa shape index (κ1) is 23.4. The molecule has 178 valence electrons. The molecule has 1 saturated heterocycles. The molecule has 2 amide bonds. The van der Waals surface area contributed by atoms with Crippen LogP contribution in [0.25, 0.3) is 0 Å². The Hall–Kier alpha value is -3.74. The molecule has 7 nitrogen and oxygen atoms in total. The molecule has 2 aromatic carbocycles. The summed E-state index contributed by atoms with van der Waals surface area (Å²) in [4.78, 5) is 26.7. The standard InChI is InChI=1S/C27H30N2O5/c1-32-23-11-9-20(10-12-23)7-8-21-13-15-29(16-14-21)26(30)19-34-24-5-2-4-22(18-24)28-27(31)25-6-3-17-33-25/h2-6,9-12,17-18,21H,7-8,13-16,19H2,1H3,(H,28,31). The number of amides is 2. The lowest BCUT2D eigenvalue weighted by molar-refractivity contribution is -0.134. The lowest BCUT2D eigenvalue weighted by Gasteiger charge is -2.32. The zero-order valence-electron chi connectivity index (χ0n) is 19.4. The molecule has 7 heteroatoms. The van der Waals surface area contributed by atoms with Crippen LogP contribution in [-0.4, -0.2) is 43.5 Å². The number of ether oxygens (including phenoxy) is 2. The number of methoxy groups -OCH3 is 1. The van der Waals surface area contributed by atoms with Crippen LogP contribution in [0.1, 0.15) is 35.4 Å². The molecule has 4 rings (SSSR count). The van der Waals surface area contributed by atoms with Gasteiger partial charge in [-0.3, -0.25) is 9.59 Å². The minimum Gasteiger partial charge on any atom is -0.497 e. The Morgan fingerprint density at radius 1 is 1.03 bits per heavy atom. The summed E-state index contributed by atoms with van der Waals surface area (Å²) in [5, 5.41) is 2.76. The molecule has 2 heterocycles. The number of carbonyl (C=O) groups excluding carboxylic acids is 2. The summed E-state index contributed by atoms with van der Waals surface area (Å²) < 4.78 is 16.0. The molecule has 0 atom stereocenters. The summed E-state index contributed by atoms with van der Waals surface area (Å²) in [5.41, 5.74) is 1.89. The van der Waals surface area contributed by atoms with Crippen molar-refractivity contribution in [2.75, 3.05) is 32.1 Å². The third-order valence-corrected chi connectivity index (χ3v) is 6.17. The molecule has 0 unspecified atom stereocenters. The van der Waals surface area contributed by atoms with Gasteiger partial charge in [0.2, 0.25) is 0 Å². The van der Waals surface area contributed by atoms with E-state index >= 15 is 0 Å². The van der Waals surface area contributed by atoms with Crippen LogP contribution in [0.3, 0.4) is 0 Å². The van der Waals surface area contributed by atoms with Gasteiger partial charge in [0.1, 0.15) is 11.5 Å². The molecule has 1 aromatic heterocycles. The van der Waals surface area contributed by atoms with E-state index in [0.717, 1.165) is 44.5 Å². The highest BCUT2D eigenvalue weighted by Gasteiger charge is 2.23. The van der Waals surface area contributed by atoms with Crippen LogP contribution in [0.4, 0.5) is 5.69 Å². The molecule has 1 aliphatic rings. The van der Waals surface area contributed by atoms with Gasteiger partial charge in [0.25, 0.3) is 11.8 Å². The molecular weight excluding hydrogens is 432 g/mol. The predicted octanol–water partition coefficient (Wildman–Crippen LogP) is 4.79. The average molecular weight is 463 g/mol. The number of nitrogens with zero attached hydrogens (tertiary/aromatic N) is 1. The number of piperidine rings is 1. The second-order valence-electron chi connectivity index (χ2n) is 8.46. The highest BCUT2D eigenvalue weighted by molar-refractivity contribution is 6.02. The molecule has 1 fully saturated rings. The van der Waals surface area contributed by atoms with Gasteiger partial charge in [0, 0.05) is 24.8 Å². The first-order valence-corrected chi connectivity index (χ1v) is 11.6. The molecule has 0 bridgehead atoms. The van der Waals surface area contributed by atoms with E-state index in [-0.39, 0.29) is 24.2 Å². The number of likely N-dealkylation sites (tertiary alicyclic amines) is 1. The number of anilines is 1. The lowest BCUT2D eigenvalue weighted by atomic mass is 9.90. The van der Waals surface area contributed by atoms with Crippen LogP contribution in [0, 0.1) is 5.92 Å². The maximum Gasteiger partial charge on any atom is 0.291 e. The van der Waals surface area contributed by atoms with Crippen LogP contribution in [0.5, 0.6) is 11.5 Å². The second kappa shape index (κ2) is 11.4. The monoisotopic (exact) mass is 462 g/mol. The van der Waals surface area contributed by atoms with Crippen LogP contribution in [0.15, 0.2) is 71.3 Å². The minimum absolute atomic E-state index is 0.0152. The third-order valence-electron chi connectivity index (χ3n) is 6.17. The van der Waals surface area contributed by atoms with Crippen LogP contribution >= 0.6 is 0 Å². The maximum absolute atomic E-state index is 12.6. The Bertz CT molecular complexity index is 1070. The van der Waals surface area contributed by atoms with Crippen molar-refractivity contribution in [2.24, 2.45) is 5.92 Å². The maximum atomic E-state index is 12.6. The van der Waals surface area contributed by atoms with Gasteiger partial charge >= 0.3 is 0 Å². The number of furan rings is 1. The molecule has 34 heavy (non-hydrogen) atoms. The first-order chi connectivity index (χ1) is 16.6. The quantitative estimate of drug-likeness (QED) is 0.495. The fourth-order valence-electron chi connectivity index (χ4n) is 4.13. The Balaban J connectivity index is 1.19. The van der Waals surface area contributed by atoms with Crippen molar-refractivity contribution >= 4 is 17.5 Å². The fourth-order valence-corrected chi connectivity index (χ4v) is 4.13. The number of benzene rings is 2. The molecular formula is C27H30N2O5. The topological polar surface area (TPSA) is 81.0 Å². The summed E-state index contributed by atoms with van der Waals surface area (Å²) in [6.07, 6.45) is 5.63. The average Bonchev–Trinajstić information content (AvgIpc) is 3.42. The third kappa shape index (κ3) is 6.41. The molecule has 1 N–H and O–H groups in total. The SMILES string of the molecule is COc1ccc(CCC2CCN(C(=O)COc3cccc(NC(=O)c4ccco4)c3)CC2)cc1. The Labute approximate surface area is 199 Å². The summed E-state index contributed by atoms with van der Waals surface area (Å²) in [7, 11) is 1.68. The van der Waals surface area contributed by atoms with Crippen molar-refractivity contribution in [3.8, 4) is 11.5 Å². The van der Waals surface area contributed by atoms with Crippen molar-refractivity contribution in [1.82, 2.24) is 4.90 Å². The number of carbonyl (C=O) groups is 2. The highest BCUT2D eigenvalue weighted by atomic mass is 16.5. The molecule has 3 aromatic rings.